The molecule has 0 bridgehead atoms. The Hall–Kier alpha value is -2.44. The van der Waals surface area contributed by atoms with E-state index in [1.807, 2.05) is 54.8 Å². The number of imidazole rings is 1. The smallest absolute Gasteiger partial charge is 0.326 e. The molecule has 1 aliphatic heterocycles. The van der Waals surface area contributed by atoms with Crippen molar-refractivity contribution in [1.29, 1.82) is 0 Å². The summed E-state index contributed by atoms with van der Waals surface area (Å²) < 4.78 is 13.3. The number of hydrogen-bond donors (Lipinski definition) is 1. The lowest BCUT2D eigenvalue weighted by molar-refractivity contribution is 0.179. The second-order valence-corrected chi connectivity index (χ2v) is 7.97. The summed E-state index contributed by atoms with van der Waals surface area (Å²) >= 11 is 6.42. The highest BCUT2D eigenvalue weighted by molar-refractivity contribution is 6.33. The molecule has 1 saturated heterocycles. The van der Waals surface area contributed by atoms with Crippen molar-refractivity contribution in [3.05, 3.63) is 57.5 Å². The number of aromatic nitrogens is 2. The van der Waals surface area contributed by atoms with Crippen LogP contribution in [0.25, 0.3) is 11.0 Å². The van der Waals surface area contributed by atoms with Crippen molar-refractivity contribution in [1.82, 2.24) is 14.5 Å². The van der Waals surface area contributed by atoms with E-state index in [-0.39, 0.29) is 11.7 Å². The lowest BCUT2D eigenvalue weighted by Crippen LogP contribution is -2.36. The quantitative estimate of drug-likeness (QED) is 0.595. The molecular formula is C23H28ClN3O3. The summed E-state index contributed by atoms with van der Waals surface area (Å²) in [5.74, 6) is 1.33. The minimum Gasteiger partial charge on any atom is -0.492 e. The van der Waals surface area contributed by atoms with E-state index in [9.17, 15) is 4.79 Å². The average Bonchev–Trinajstić information content (AvgIpc) is 3.08. The molecule has 6 nitrogen and oxygen atoms in total. The van der Waals surface area contributed by atoms with Crippen LogP contribution < -0.4 is 15.2 Å². The lowest BCUT2D eigenvalue weighted by atomic mass is 10.0. The molecule has 4 rings (SSSR count). The molecule has 3 aromatic rings. The average molecular weight is 430 g/mol. The van der Waals surface area contributed by atoms with E-state index in [1.165, 1.54) is 0 Å². The van der Waals surface area contributed by atoms with E-state index >= 15 is 0 Å². The van der Waals surface area contributed by atoms with Gasteiger partial charge in [-0.05, 0) is 56.5 Å². The summed E-state index contributed by atoms with van der Waals surface area (Å²) in [5, 5.41) is 0.528. The summed E-state index contributed by atoms with van der Waals surface area (Å²) in [4.78, 5) is 17.9. The van der Waals surface area contributed by atoms with Gasteiger partial charge in [0.2, 0.25) is 0 Å². The van der Waals surface area contributed by atoms with E-state index < -0.39 is 0 Å². The highest BCUT2D eigenvalue weighted by Gasteiger charge is 2.24. The number of nitrogens with one attached hydrogen (secondary N) is 1. The summed E-state index contributed by atoms with van der Waals surface area (Å²) in [6.45, 7) is 7.65. The number of benzene rings is 2. The first-order chi connectivity index (χ1) is 14.6. The van der Waals surface area contributed by atoms with Gasteiger partial charge in [0.05, 0.1) is 24.2 Å². The first-order valence-electron chi connectivity index (χ1n) is 10.6. The molecule has 0 atom stereocenters. The minimum atomic E-state index is -0.0185. The van der Waals surface area contributed by atoms with E-state index in [2.05, 4.69) is 9.88 Å². The van der Waals surface area contributed by atoms with Crippen LogP contribution in [0.3, 0.4) is 0 Å². The molecule has 2 aromatic carbocycles. The first-order valence-corrected chi connectivity index (χ1v) is 11.0. The molecule has 0 unspecified atom stereocenters. The van der Waals surface area contributed by atoms with Gasteiger partial charge in [0.1, 0.15) is 16.5 Å². The number of H-pyrrole nitrogens is 1. The molecule has 0 aliphatic carbocycles. The number of hydrogen-bond acceptors (Lipinski definition) is 4. The number of halogens is 1. The number of rotatable bonds is 7. The molecule has 0 spiro atoms. The molecule has 2 heterocycles. The molecule has 160 valence electrons. The van der Waals surface area contributed by atoms with Gasteiger partial charge in [0.25, 0.3) is 0 Å². The van der Waals surface area contributed by atoms with E-state index in [1.54, 1.807) is 0 Å². The number of ether oxygens (including phenoxy) is 2. The van der Waals surface area contributed by atoms with Crippen LogP contribution in [0, 0.1) is 0 Å². The zero-order valence-corrected chi connectivity index (χ0v) is 18.2. The summed E-state index contributed by atoms with van der Waals surface area (Å²) in [6, 6.07) is 12.1. The Labute approximate surface area is 181 Å². The Morgan fingerprint density at radius 3 is 2.33 bits per heavy atom. The molecule has 7 heteroatoms. The van der Waals surface area contributed by atoms with Crippen molar-refractivity contribution < 1.29 is 9.47 Å². The zero-order chi connectivity index (χ0) is 21.1. The number of aromatic amines is 1. The molecule has 1 aromatic heterocycles. The molecule has 0 amide bonds. The van der Waals surface area contributed by atoms with E-state index in [0.717, 1.165) is 49.1 Å². The maximum Gasteiger partial charge on any atom is 0.326 e. The van der Waals surface area contributed by atoms with Crippen LogP contribution in [0.1, 0.15) is 38.3 Å². The minimum absolute atomic E-state index is 0.0185. The maximum absolute atomic E-state index is 12.5. The topological polar surface area (TPSA) is 59.5 Å². The van der Waals surface area contributed by atoms with Gasteiger partial charge in [-0.25, -0.2) is 4.79 Å². The summed E-state index contributed by atoms with van der Waals surface area (Å²) in [5.41, 5.74) is 2.99. The summed E-state index contributed by atoms with van der Waals surface area (Å²) in [7, 11) is 0. The van der Waals surface area contributed by atoms with Crippen molar-refractivity contribution >= 4 is 22.6 Å². The van der Waals surface area contributed by atoms with Crippen LogP contribution in [0.4, 0.5) is 0 Å². The van der Waals surface area contributed by atoms with Crippen molar-refractivity contribution in [2.45, 2.75) is 39.3 Å². The summed E-state index contributed by atoms with van der Waals surface area (Å²) in [6.07, 6.45) is 1.87. The Balaban J connectivity index is 1.47. The molecule has 0 saturated carbocycles. The van der Waals surface area contributed by atoms with Crippen molar-refractivity contribution in [2.24, 2.45) is 0 Å². The molecular weight excluding hydrogens is 402 g/mol. The Bertz CT molecular complexity index is 1040. The predicted molar refractivity (Wildman–Crippen MR) is 120 cm³/mol. The fourth-order valence-electron chi connectivity index (χ4n) is 4.27. The normalized spacial score (nSPS) is 15.6. The largest absolute Gasteiger partial charge is 0.492 e. The zero-order valence-electron chi connectivity index (χ0n) is 17.5. The Morgan fingerprint density at radius 2 is 1.70 bits per heavy atom. The molecule has 1 aliphatic rings. The third-order valence-corrected chi connectivity index (χ3v) is 5.99. The monoisotopic (exact) mass is 429 g/mol. The second kappa shape index (κ2) is 9.14. The molecule has 1 fully saturated rings. The van der Waals surface area contributed by atoms with Crippen molar-refractivity contribution in [3.8, 4) is 11.5 Å². The third-order valence-electron chi connectivity index (χ3n) is 5.62. The Morgan fingerprint density at radius 1 is 1.07 bits per heavy atom. The van der Waals surface area contributed by atoms with E-state index in [0.29, 0.717) is 29.7 Å². The SMILES string of the molecule is CCOc1cc(CN2CCC(n3c(=O)[nH]c4ccccc43)CC2)cc(OCC)c1Cl. The van der Waals surface area contributed by atoms with Crippen molar-refractivity contribution in [2.75, 3.05) is 26.3 Å². The molecule has 1 N–H and O–H groups in total. The van der Waals surface area contributed by atoms with Crippen LogP contribution in [0.15, 0.2) is 41.2 Å². The van der Waals surface area contributed by atoms with Gasteiger partial charge in [-0.3, -0.25) is 9.47 Å². The van der Waals surface area contributed by atoms with Crippen molar-refractivity contribution in [3.63, 3.8) is 0 Å². The molecule has 30 heavy (non-hydrogen) atoms. The fraction of sp³-hybridized carbons (Fsp3) is 0.435. The lowest BCUT2D eigenvalue weighted by Gasteiger charge is -2.32. The molecule has 0 radical (unpaired) electrons. The van der Waals surface area contributed by atoms with Crippen LogP contribution >= 0.6 is 11.6 Å². The van der Waals surface area contributed by atoms with Crippen LogP contribution in [0.5, 0.6) is 11.5 Å². The number of para-hydroxylation sites is 2. The first kappa shape index (κ1) is 20.8. The van der Waals surface area contributed by atoms with Gasteiger partial charge in [-0.15, -0.1) is 0 Å². The van der Waals surface area contributed by atoms with Crippen LogP contribution in [-0.4, -0.2) is 40.8 Å². The number of fused-ring (bicyclic) bond motifs is 1. The predicted octanol–water partition coefficient (Wildman–Crippen LogP) is 4.62. The number of piperidine rings is 1. The maximum atomic E-state index is 12.5. The van der Waals surface area contributed by atoms with Gasteiger partial charge >= 0.3 is 5.69 Å². The van der Waals surface area contributed by atoms with Crippen LogP contribution in [0.2, 0.25) is 5.02 Å². The Kier molecular flexibility index (Phi) is 6.35. The third kappa shape index (κ3) is 4.20. The second-order valence-electron chi connectivity index (χ2n) is 7.60. The fourth-order valence-corrected chi connectivity index (χ4v) is 4.49. The van der Waals surface area contributed by atoms with Gasteiger partial charge < -0.3 is 14.5 Å². The van der Waals surface area contributed by atoms with Crippen LogP contribution in [-0.2, 0) is 6.54 Å². The van der Waals surface area contributed by atoms with Gasteiger partial charge in [-0.2, -0.15) is 0 Å². The van der Waals surface area contributed by atoms with Gasteiger partial charge in [0.15, 0.2) is 0 Å². The highest BCUT2D eigenvalue weighted by atomic mass is 35.5. The standard InChI is InChI=1S/C23H28ClN3O3/c1-3-29-20-13-16(14-21(22(20)24)30-4-2)15-26-11-9-17(10-12-26)27-19-8-6-5-7-18(19)25-23(27)28/h5-8,13-14,17H,3-4,9-12,15H2,1-2H3,(H,25,28). The van der Waals surface area contributed by atoms with Gasteiger partial charge in [-0.1, -0.05) is 23.7 Å². The van der Waals surface area contributed by atoms with Gasteiger partial charge in [0, 0.05) is 25.7 Å². The highest BCUT2D eigenvalue weighted by Crippen LogP contribution is 2.36. The number of likely N-dealkylation sites (tertiary alicyclic amines) is 1. The number of nitrogens with zero attached hydrogens (tertiary/aromatic N) is 2. The van der Waals surface area contributed by atoms with E-state index in [4.69, 9.17) is 21.1 Å².